The van der Waals surface area contributed by atoms with Gasteiger partial charge in [0, 0.05) is 12.1 Å². The van der Waals surface area contributed by atoms with Gasteiger partial charge in [0.2, 0.25) is 0 Å². The van der Waals surface area contributed by atoms with Crippen molar-refractivity contribution in [2.45, 2.75) is 19.1 Å². The normalized spacial score (nSPS) is 13.2. The zero-order chi connectivity index (χ0) is 19.2. The van der Waals surface area contributed by atoms with Gasteiger partial charge in [-0.3, -0.25) is 5.32 Å². The van der Waals surface area contributed by atoms with Crippen molar-refractivity contribution >= 4 is 23.2 Å². The molecule has 0 fully saturated rings. The molecule has 0 unspecified atom stereocenters. The van der Waals surface area contributed by atoms with Gasteiger partial charge in [-0.15, -0.1) is 0 Å². The van der Waals surface area contributed by atoms with Crippen molar-refractivity contribution in [1.82, 2.24) is 24.9 Å². The number of fused-ring (bicyclic) bond motifs is 1. The molecule has 0 saturated heterocycles. The number of benzene rings is 1. The van der Waals surface area contributed by atoms with Gasteiger partial charge in [-0.05, 0) is 6.92 Å². The number of alkyl halides is 3. The van der Waals surface area contributed by atoms with Crippen LogP contribution in [-0.2, 0) is 0 Å². The highest BCUT2D eigenvalue weighted by molar-refractivity contribution is 6.32. The Balaban J connectivity index is 2.32. The van der Waals surface area contributed by atoms with E-state index < -0.39 is 51.8 Å². The highest BCUT2D eigenvalue weighted by Gasteiger charge is 2.39. The van der Waals surface area contributed by atoms with Crippen LogP contribution in [-0.4, -0.2) is 31.8 Å². The molecule has 0 aliphatic carbocycles. The SMILES string of the molecule is C[C@H]([N]c1c(-c2c(F)cc(F)cc2F)c(Cl)nc2ncnn12)C(F)(F)F. The van der Waals surface area contributed by atoms with Crippen molar-refractivity contribution in [1.29, 1.82) is 0 Å². The first-order valence-electron chi connectivity index (χ1n) is 6.91. The highest BCUT2D eigenvalue weighted by Crippen LogP contribution is 2.38. The number of rotatable bonds is 3. The predicted molar refractivity (Wildman–Crippen MR) is 78.4 cm³/mol. The molecular formula is C14H7ClF6N5. The molecule has 12 heteroatoms. The second kappa shape index (κ2) is 6.31. The minimum absolute atomic E-state index is 0.227. The number of halogens is 7. The van der Waals surface area contributed by atoms with Crippen molar-refractivity contribution in [3.63, 3.8) is 0 Å². The molecule has 2 heterocycles. The topological polar surface area (TPSA) is 57.2 Å². The van der Waals surface area contributed by atoms with Gasteiger partial charge in [0.15, 0.2) is 5.82 Å². The van der Waals surface area contributed by atoms with Crippen molar-refractivity contribution in [3.05, 3.63) is 41.1 Å². The van der Waals surface area contributed by atoms with E-state index in [1.54, 1.807) is 0 Å². The second-order valence-electron chi connectivity index (χ2n) is 5.16. The third kappa shape index (κ3) is 3.14. The summed E-state index contributed by atoms with van der Waals surface area (Å²) in [7, 11) is 0. The molecule has 1 atom stereocenters. The number of hydrogen-bond donors (Lipinski definition) is 0. The van der Waals surface area contributed by atoms with E-state index >= 15 is 0 Å². The Morgan fingerprint density at radius 2 is 1.73 bits per heavy atom. The third-order valence-electron chi connectivity index (χ3n) is 3.40. The lowest BCUT2D eigenvalue weighted by atomic mass is 10.1. The van der Waals surface area contributed by atoms with E-state index in [-0.39, 0.29) is 5.78 Å². The fourth-order valence-electron chi connectivity index (χ4n) is 2.17. The summed E-state index contributed by atoms with van der Waals surface area (Å²) in [5.41, 5.74) is -1.48. The van der Waals surface area contributed by atoms with Gasteiger partial charge in [0.1, 0.15) is 35.0 Å². The summed E-state index contributed by atoms with van der Waals surface area (Å²) in [5, 5.41) is 6.55. The minimum Gasteiger partial charge on any atom is -0.253 e. The molecule has 0 aliphatic heterocycles. The summed E-state index contributed by atoms with van der Waals surface area (Å²) in [6, 6.07) is -1.53. The average molecular weight is 395 g/mol. The zero-order valence-electron chi connectivity index (χ0n) is 12.7. The zero-order valence-corrected chi connectivity index (χ0v) is 13.4. The van der Waals surface area contributed by atoms with Gasteiger partial charge in [0.05, 0.1) is 11.1 Å². The van der Waals surface area contributed by atoms with E-state index in [9.17, 15) is 26.3 Å². The molecule has 1 aromatic carbocycles. The maximum Gasteiger partial charge on any atom is 0.410 e. The largest absolute Gasteiger partial charge is 0.410 e. The summed E-state index contributed by atoms with van der Waals surface area (Å²) in [6.07, 6.45) is -3.78. The Bertz CT molecular complexity index is 963. The van der Waals surface area contributed by atoms with Crippen LogP contribution in [0.1, 0.15) is 6.92 Å². The quantitative estimate of drug-likeness (QED) is 0.497. The lowest BCUT2D eigenvalue weighted by Gasteiger charge is -2.19. The molecule has 0 saturated carbocycles. The first-order chi connectivity index (χ1) is 12.1. The molecule has 2 aromatic heterocycles. The molecule has 0 bridgehead atoms. The molecule has 5 nitrogen and oxygen atoms in total. The third-order valence-corrected chi connectivity index (χ3v) is 3.68. The molecule has 1 radical (unpaired) electrons. The van der Waals surface area contributed by atoms with Crippen molar-refractivity contribution in [2.24, 2.45) is 0 Å². The van der Waals surface area contributed by atoms with E-state index in [4.69, 9.17) is 11.6 Å². The van der Waals surface area contributed by atoms with Gasteiger partial charge < -0.3 is 0 Å². The lowest BCUT2D eigenvalue weighted by Crippen LogP contribution is -2.33. The van der Waals surface area contributed by atoms with Crippen LogP contribution in [0.4, 0.5) is 32.2 Å². The van der Waals surface area contributed by atoms with E-state index in [1.165, 1.54) is 0 Å². The summed E-state index contributed by atoms with van der Waals surface area (Å²) < 4.78 is 81.0. The number of aromatic nitrogens is 4. The summed E-state index contributed by atoms with van der Waals surface area (Å²) >= 11 is 5.92. The Morgan fingerprint density at radius 3 is 2.31 bits per heavy atom. The van der Waals surface area contributed by atoms with Crippen LogP contribution < -0.4 is 5.32 Å². The van der Waals surface area contributed by atoms with Crippen LogP contribution >= 0.6 is 11.6 Å². The van der Waals surface area contributed by atoms with E-state index in [0.717, 1.165) is 17.8 Å². The van der Waals surface area contributed by atoms with Crippen LogP contribution in [0.15, 0.2) is 18.5 Å². The maximum atomic E-state index is 14.2. The van der Waals surface area contributed by atoms with Gasteiger partial charge >= 0.3 is 6.18 Å². The molecule has 0 amide bonds. The van der Waals surface area contributed by atoms with Crippen LogP contribution in [0, 0.1) is 17.5 Å². The monoisotopic (exact) mass is 394 g/mol. The van der Waals surface area contributed by atoms with Crippen molar-refractivity contribution in [3.8, 4) is 11.1 Å². The Hall–Kier alpha value is -2.56. The molecule has 0 spiro atoms. The lowest BCUT2D eigenvalue weighted by molar-refractivity contribution is -0.149. The standard InChI is InChI=1S/C14H7ClF6N5/c1-5(14(19,20)21)24-12-10(9-7(17)2-6(16)3-8(9)18)11(15)25-13-22-4-23-26(12)13/h2-5H,1H3/t5-/m0/s1. The summed E-state index contributed by atoms with van der Waals surface area (Å²) in [5.74, 6) is -4.83. The van der Waals surface area contributed by atoms with Gasteiger partial charge in [-0.2, -0.15) is 32.8 Å². The summed E-state index contributed by atoms with van der Waals surface area (Å²) in [6.45, 7) is 0.734. The van der Waals surface area contributed by atoms with Crippen LogP contribution in [0.3, 0.4) is 0 Å². The van der Waals surface area contributed by atoms with E-state index in [0.29, 0.717) is 12.1 Å². The number of hydrogen-bond acceptors (Lipinski definition) is 3. The first kappa shape index (κ1) is 18.2. The Kier molecular flexibility index (Phi) is 4.42. The number of nitrogens with zero attached hydrogens (tertiary/aromatic N) is 5. The minimum atomic E-state index is -4.74. The van der Waals surface area contributed by atoms with Crippen LogP contribution in [0.25, 0.3) is 16.9 Å². The molecule has 26 heavy (non-hydrogen) atoms. The molecule has 3 rings (SSSR count). The van der Waals surface area contributed by atoms with Gasteiger partial charge in [-0.1, -0.05) is 11.6 Å². The average Bonchev–Trinajstić information content (AvgIpc) is 2.95. The summed E-state index contributed by atoms with van der Waals surface area (Å²) in [4.78, 5) is 7.40. The van der Waals surface area contributed by atoms with Gasteiger partial charge in [-0.25, -0.2) is 13.2 Å². The fourth-order valence-corrected chi connectivity index (χ4v) is 2.43. The molecular weight excluding hydrogens is 388 g/mol. The second-order valence-corrected chi connectivity index (χ2v) is 5.52. The molecule has 0 N–H and O–H groups in total. The molecule has 0 aliphatic rings. The van der Waals surface area contributed by atoms with E-state index in [1.807, 2.05) is 0 Å². The molecule has 3 aromatic rings. The smallest absolute Gasteiger partial charge is 0.253 e. The highest BCUT2D eigenvalue weighted by atomic mass is 35.5. The molecule has 137 valence electrons. The van der Waals surface area contributed by atoms with Crippen LogP contribution in [0.5, 0.6) is 0 Å². The Labute approximate surface area is 146 Å². The first-order valence-corrected chi connectivity index (χ1v) is 7.29. The Morgan fingerprint density at radius 1 is 1.12 bits per heavy atom. The van der Waals surface area contributed by atoms with Crippen molar-refractivity contribution in [2.75, 3.05) is 0 Å². The predicted octanol–water partition coefficient (Wildman–Crippen LogP) is 4.05. The fraction of sp³-hybridized carbons (Fsp3) is 0.214. The maximum absolute atomic E-state index is 14.2. The van der Waals surface area contributed by atoms with E-state index in [2.05, 4.69) is 20.4 Å². The van der Waals surface area contributed by atoms with Crippen LogP contribution in [0.2, 0.25) is 5.15 Å². The van der Waals surface area contributed by atoms with Gasteiger partial charge in [0.25, 0.3) is 5.78 Å². The van der Waals surface area contributed by atoms with Crippen molar-refractivity contribution < 1.29 is 26.3 Å².